The predicted octanol–water partition coefficient (Wildman–Crippen LogP) is 0.963. The summed E-state index contributed by atoms with van der Waals surface area (Å²) < 4.78 is 5.08. The van der Waals surface area contributed by atoms with E-state index in [2.05, 4.69) is 29.2 Å². The highest BCUT2D eigenvalue weighted by Crippen LogP contribution is 2.29. The maximum atomic E-state index is 5.55. The van der Waals surface area contributed by atoms with Gasteiger partial charge in [-0.05, 0) is 25.2 Å². The van der Waals surface area contributed by atoms with E-state index < -0.39 is 0 Å². The molecule has 1 unspecified atom stereocenters. The molecule has 0 amide bonds. The Morgan fingerprint density at radius 1 is 1.47 bits per heavy atom. The predicted molar refractivity (Wildman–Crippen MR) is 70.7 cm³/mol. The van der Waals surface area contributed by atoms with Gasteiger partial charge >= 0.3 is 0 Å². The fraction of sp³-hybridized carbons (Fsp3) is 0.917. The first-order valence-electron chi connectivity index (χ1n) is 6.27. The fourth-order valence-corrected chi connectivity index (χ4v) is 2.02. The van der Waals surface area contributed by atoms with Crippen LogP contribution in [0.3, 0.4) is 0 Å². The van der Waals surface area contributed by atoms with Gasteiger partial charge in [0.2, 0.25) is 5.96 Å². The normalized spacial score (nSPS) is 22.4. The molecular formula is C12H26N4O. The summed E-state index contributed by atoms with van der Waals surface area (Å²) in [5.41, 5.74) is 3.15. The number of ether oxygens (including phenoxy) is 1. The van der Waals surface area contributed by atoms with Crippen LogP contribution in [0, 0.1) is 5.41 Å². The van der Waals surface area contributed by atoms with Crippen LogP contribution >= 0.6 is 0 Å². The molecule has 1 rings (SSSR count). The van der Waals surface area contributed by atoms with Gasteiger partial charge in [-0.25, -0.2) is 10.8 Å². The van der Waals surface area contributed by atoms with Gasteiger partial charge in [0.15, 0.2) is 0 Å². The lowest BCUT2D eigenvalue weighted by Gasteiger charge is -2.38. The lowest BCUT2D eigenvalue weighted by atomic mass is 9.83. The number of rotatable bonds is 3. The molecule has 5 heteroatoms. The standard InChI is InChI=1S/C12H26N4O/c1-10(9-17-4)14-11(15-13)16-7-5-12(2,3)6-8-16/h10H,5-9,13H2,1-4H3,(H,14,15). The van der Waals surface area contributed by atoms with Crippen LogP contribution in [0.5, 0.6) is 0 Å². The SMILES string of the molecule is COCC(C)N=C(NN)N1CCC(C)(C)CC1. The maximum absolute atomic E-state index is 5.55. The number of likely N-dealkylation sites (tertiary alicyclic amines) is 1. The number of methoxy groups -OCH3 is 1. The van der Waals surface area contributed by atoms with Crippen LogP contribution in [0.2, 0.25) is 0 Å². The third-order valence-corrected chi connectivity index (χ3v) is 3.30. The van der Waals surface area contributed by atoms with E-state index in [0.717, 1.165) is 19.0 Å². The number of nitrogens with zero attached hydrogens (tertiary/aromatic N) is 2. The van der Waals surface area contributed by atoms with E-state index in [-0.39, 0.29) is 6.04 Å². The highest BCUT2D eigenvalue weighted by Gasteiger charge is 2.26. The van der Waals surface area contributed by atoms with E-state index in [9.17, 15) is 0 Å². The number of nitrogens with one attached hydrogen (secondary N) is 1. The van der Waals surface area contributed by atoms with E-state index in [1.54, 1.807) is 7.11 Å². The Labute approximate surface area is 104 Å². The third-order valence-electron chi connectivity index (χ3n) is 3.30. The number of hydrogen-bond acceptors (Lipinski definition) is 3. The van der Waals surface area contributed by atoms with Crippen molar-refractivity contribution in [2.24, 2.45) is 16.3 Å². The largest absolute Gasteiger partial charge is 0.382 e. The first-order valence-corrected chi connectivity index (χ1v) is 6.27. The Balaban J connectivity index is 2.57. The van der Waals surface area contributed by atoms with Crippen LogP contribution < -0.4 is 11.3 Å². The molecule has 100 valence electrons. The summed E-state index contributed by atoms with van der Waals surface area (Å²) in [5.74, 6) is 6.33. The number of piperidine rings is 1. The highest BCUT2D eigenvalue weighted by molar-refractivity contribution is 5.79. The average molecular weight is 242 g/mol. The molecule has 0 aliphatic carbocycles. The number of hydrogen-bond donors (Lipinski definition) is 2. The first-order chi connectivity index (χ1) is 7.98. The quantitative estimate of drug-likeness (QED) is 0.335. The Bertz CT molecular complexity index is 255. The van der Waals surface area contributed by atoms with Crippen LogP contribution in [0.1, 0.15) is 33.6 Å². The number of guanidine groups is 1. The summed E-state index contributed by atoms with van der Waals surface area (Å²) in [6.45, 7) is 9.28. The van der Waals surface area contributed by atoms with Crippen LogP contribution in [0.4, 0.5) is 0 Å². The summed E-state index contributed by atoms with van der Waals surface area (Å²) in [6, 6.07) is 0.126. The van der Waals surface area contributed by atoms with Crippen LogP contribution in [0.15, 0.2) is 4.99 Å². The van der Waals surface area contributed by atoms with Gasteiger partial charge in [-0.3, -0.25) is 5.43 Å². The molecule has 1 saturated heterocycles. The molecule has 0 radical (unpaired) electrons. The number of aliphatic imine (C=N–C) groups is 1. The van der Waals surface area contributed by atoms with Gasteiger partial charge < -0.3 is 9.64 Å². The summed E-state index contributed by atoms with van der Waals surface area (Å²) in [4.78, 5) is 6.76. The van der Waals surface area contributed by atoms with Crippen LogP contribution in [0.25, 0.3) is 0 Å². The van der Waals surface area contributed by atoms with E-state index in [4.69, 9.17) is 10.6 Å². The van der Waals surface area contributed by atoms with E-state index in [1.165, 1.54) is 12.8 Å². The van der Waals surface area contributed by atoms with Gasteiger partial charge in [0.1, 0.15) is 0 Å². The lowest BCUT2D eigenvalue weighted by Crippen LogP contribution is -2.50. The van der Waals surface area contributed by atoms with Crippen LogP contribution in [-0.2, 0) is 4.74 Å². The van der Waals surface area contributed by atoms with Gasteiger partial charge in [0.05, 0.1) is 12.6 Å². The van der Waals surface area contributed by atoms with Crippen molar-refractivity contribution in [1.82, 2.24) is 10.3 Å². The molecule has 1 atom stereocenters. The summed E-state index contributed by atoms with van der Waals surface area (Å²) in [5, 5.41) is 0. The summed E-state index contributed by atoms with van der Waals surface area (Å²) in [6.07, 6.45) is 2.35. The smallest absolute Gasteiger partial charge is 0.208 e. The molecule has 1 heterocycles. The second kappa shape index (κ2) is 6.21. The fourth-order valence-electron chi connectivity index (χ4n) is 2.02. The molecule has 0 spiro atoms. The second-order valence-electron chi connectivity index (χ2n) is 5.55. The zero-order chi connectivity index (χ0) is 12.9. The molecule has 0 saturated carbocycles. The molecule has 0 aromatic rings. The maximum Gasteiger partial charge on any atom is 0.208 e. The van der Waals surface area contributed by atoms with Gasteiger partial charge in [-0.15, -0.1) is 0 Å². The van der Waals surface area contributed by atoms with E-state index >= 15 is 0 Å². The Kier molecular flexibility index (Phi) is 5.21. The minimum Gasteiger partial charge on any atom is -0.382 e. The van der Waals surface area contributed by atoms with E-state index in [1.807, 2.05) is 6.92 Å². The van der Waals surface area contributed by atoms with Crippen molar-refractivity contribution in [3.8, 4) is 0 Å². The lowest BCUT2D eigenvalue weighted by molar-refractivity contribution is 0.176. The van der Waals surface area contributed by atoms with Crippen molar-refractivity contribution in [2.75, 3.05) is 26.8 Å². The van der Waals surface area contributed by atoms with Gasteiger partial charge in [0, 0.05) is 20.2 Å². The Morgan fingerprint density at radius 3 is 2.53 bits per heavy atom. The molecule has 0 aromatic heterocycles. The number of nitrogens with two attached hydrogens (primary N) is 1. The Hall–Kier alpha value is -0.810. The minimum absolute atomic E-state index is 0.126. The highest BCUT2D eigenvalue weighted by atomic mass is 16.5. The summed E-state index contributed by atoms with van der Waals surface area (Å²) >= 11 is 0. The average Bonchev–Trinajstić information content (AvgIpc) is 2.27. The number of hydrazine groups is 1. The first kappa shape index (κ1) is 14.3. The molecule has 5 nitrogen and oxygen atoms in total. The van der Waals surface area contributed by atoms with E-state index in [0.29, 0.717) is 12.0 Å². The van der Waals surface area contributed by atoms with Gasteiger partial charge in [0.25, 0.3) is 0 Å². The van der Waals surface area contributed by atoms with Crippen LogP contribution in [-0.4, -0.2) is 43.7 Å². The molecular weight excluding hydrogens is 216 g/mol. The van der Waals surface area contributed by atoms with Crippen molar-refractivity contribution in [3.63, 3.8) is 0 Å². The minimum atomic E-state index is 0.126. The molecule has 1 aliphatic rings. The summed E-state index contributed by atoms with van der Waals surface area (Å²) in [7, 11) is 1.69. The van der Waals surface area contributed by atoms with Crippen molar-refractivity contribution in [1.29, 1.82) is 0 Å². The second-order valence-corrected chi connectivity index (χ2v) is 5.55. The Morgan fingerprint density at radius 2 is 2.06 bits per heavy atom. The van der Waals surface area contributed by atoms with Crippen molar-refractivity contribution in [3.05, 3.63) is 0 Å². The molecule has 1 fully saturated rings. The molecule has 0 bridgehead atoms. The molecule has 3 N–H and O–H groups in total. The molecule has 0 aromatic carbocycles. The molecule has 1 aliphatic heterocycles. The molecule has 17 heavy (non-hydrogen) atoms. The van der Waals surface area contributed by atoms with Crippen molar-refractivity contribution >= 4 is 5.96 Å². The monoisotopic (exact) mass is 242 g/mol. The zero-order valence-electron chi connectivity index (χ0n) is 11.5. The van der Waals surface area contributed by atoms with Crippen molar-refractivity contribution in [2.45, 2.75) is 39.7 Å². The third kappa shape index (κ3) is 4.52. The topological polar surface area (TPSA) is 62.9 Å². The van der Waals surface area contributed by atoms with Gasteiger partial charge in [-0.1, -0.05) is 13.8 Å². The zero-order valence-corrected chi connectivity index (χ0v) is 11.5. The van der Waals surface area contributed by atoms with Crippen molar-refractivity contribution < 1.29 is 4.74 Å². The van der Waals surface area contributed by atoms with Gasteiger partial charge in [-0.2, -0.15) is 0 Å².